The van der Waals surface area contributed by atoms with Crippen LogP contribution in [0.4, 0.5) is 4.39 Å². The summed E-state index contributed by atoms with van der Waals surface area (Å²) in [4.78, 5) is 18.2. The van der Waals surface area contributed by atoms with Crippen molar-refractivity contribution in [2.45, 2.75) is 53.0 Å². The molecule has 1 atom stereocenters. The van der Waals surface area contributed by atoms with Gasteiger partial charge in [0, 0.05) is 10.4 Å². The number of amides is 1. The van der Waals surface area contributed by atoms with Crippen LogP contribution in [0.5, 0.6) is 0 Å². The molecule has 2 heterocycles. The molecule has 2 aromatic heterocycles. The number of nitrogens with zero attached hydrogens (tertiary/aromatic N) is 3. The van der Waals surface area contributed by atoms with Crippen molar-refractivity contribution in [3.05, 3.63) is 63.1 Å². The summed E-state index contributed by atoms with van der Waals surface area (Å²) in [5.74, 6) is -0.300. The second-order valence-electron chi connectivity index (χ2n) is 8.52. The normalized spacial score (nSPS) is 17.8. The molecule has 4 rings (SSSR count). The van der Waals surface area contributed by atoms with Crippen LogP contribution in [0.1, 0.15) is 53.1 Å². The SMILES string of the molecule is Cc1nc(C)c(CC(=O)N[C@@H]2CC(C)(C)Cc3c2cnn3-c2cccc(F)c2)s1. The van der Waals surface area contributed by atoms with Crippen molar-refractivity contribution in [1.82, 2.24) is 20.1 Å². The van der Waals surface area contributed by atoms with Crippen molar-refractivity contribution in [3.8, 4) is 5.69 Å². The Labute approximate surface area is 174 Å². The van der Waals surface area contributed by atoms with Crippen LogP contribution in [-0.2, 0) is 17.6 Å². The van der Waals surface area contributed by atoms with E-state index < -0.39 is 0 Å². The number of nitrogens with one attached hydrogen (secondary N) is 1. The topological polar surface area (TPSA) is 59.8 Å². The van der Waals surface area contributed by atoms with Crippen LogP contribution in [0.2, 0.25) is 0 Å². The Kier molecular flexibility index (Phi) is 5.02. The molecule has 0 aliphatic heterocycles. The zero-order valence-electron chi connectivity index (χ0n) is 17.1. The largest absolute Gasteiger partial charge is 0.349 e. The molecule has 0 bridgehead atoms. The van der Waals surface area contributed by atoms with E-state index in [4.69, 9.17) is 0 Å². The van der Waals surface area contributed by atoms with Crippen LogP contribution in [-0.4, -0.2) is 20.7 Å². The molecule has 0 unspecified atom stereocenters. The van der Waals surface area contributed by atoms with E-state index in [-0.39, 0.29) is 23.2 Å². The van der Waals surface area contributed by atoms with Crippen LogP contribution in [0.15, 0.2) is 30.5 Å². The monoisotopic (exact) mass is 412 g/mol. The van der Waals surface area contributed by atoms with Gasteiger partial charge in [0.15, 0.2) is 0 Å². The van der Waals surface area contributed by atoms with Gasteiger partial charge >= 0.3 is 0 Å². The van der Waals surface area contributed by atoms with Gasteiger partial charge in [-0.3, -0.25) is 4.79 Å². The third-order valence-corrected chi connectivity index (χ3v) is 6.46. The third kappa shape index (κ3) is 4.10. The maximum Gasteiger partial charge on any atom is 0.225 e. The third-order valence-electron chi connectivity index (χ3n) is 5.39. The summed E-state index contributed by atoms with van der Waals surface area (Å²) in [6.07, 6.45) is 3.80. The van der Waals surface area contributed by atoms with Crippen LogP contribution < -0.4 is 5.32 Å². The van der Waals surface area contributed by atoms with Gasteiger partial charge in [0.05, 0.1) is 40.7 Å². The van der Waals surface area contributed by atoms with Gasteiger partial charge in [-0.15, -0.1) is 11.3 Å². The molecule has 0 fully saturated rings. The molecule has 1 aliphatic carbocycles. The number of carbonyl (C=O) groups excluding carboxylic acids is 1. The van der Waals surface area contributed by atoms with Crippen molar-refractivity contribution in [3.63, 3.8) is 0 Å². The fourth-order valence-electron chi connectivity index (χ4n) is 4.13. The van der Waals surface area contributed by atoms with Gasteiger partial charge in [-0.25, -0.2) is 14.1 Å². The summed E-state index contributed by atoms with van der Waals surface area (Å²) in [6.45, 7) is 8.27. The van der Waals surface area contributed by atoms with Gasteiger partial charge in [0.25, 0.3) is 0 Å². The Morgan fingerprint density at radius 3 is 2.86 bits per heavy atom. The first-order chi connectivity index (χ1) is 13.7. The molecule has 1 N–H and O–H groups in total. The van der Waals surface area contributed by atoms with Crippen molar-refractivity contribution < 1.29 is 9.18 Å². The molecule has 3 aromatic rings. The summed E-state index contributed by atoms with van der Waals surface area (Å²) in [6, 6.07) is 6.33. The zero-order valence-corrected chi connectivity index (χ0v) is 17.9. The second kappa shape index (κ2) is 7.37. The minimum atomic E-state index is -0.290. The molecule has 152 valence electrons. The number of thiazole rings is 1. The van der Waals surface area contributed by atoms with Gasteiger partial charge in [0.1, 0.15) is 5.82 Å². The molecular weight excluding hydrogens is 387 g/mol. The van der Waals surface area contributed by atoms with Gasteiger partial charge in [-0.1, -0.05) is 19.9 Å². The van der Waals surface area contributed by atoms with Crippen molar-refractivity contribution >= 4 is 17.2 Å². The summed E-state index contributed by atoms with van der Waals surface area (Å²) >= 11 is 1.57. The van der Waals surface area contributed by atoms with Gasteiger partial charge in [-0.2, -0.15) is 5.10 Å². The van der Waals surface area contributed by atoms with E-state index in [0.717, 1.165) is 39.7 Å². The Balaban J connectivity index is 1.61. The predicted molar refractivity (Wildman–Crippen MR) is 112 cm³/mol. The lowest BCUT2D eigenvalue weighted by Gasteiger charge is -2.36. The molecule has 0 saturated carbocycles. The molecule has 1 amide bonds. The summed E-state index contributed by atoms with van der Waals surface area (Å²) < 4.78 is 15.5. The average molecular weight is 413 g/mol. The summed E-state index contributed by atoms with van der Waals surface area (Å²) in [5, 5.41) is 8.70. The highest BCUT2D eigenvalue weighted by Crippen LogP contribution is 2.41. The maximum atomic E-state index is 13.7. The minimum absolute atomic E-state index is 0.00690. The Morgan fingerprint density at radius 2 is 2.17 bits per heavy atom. The Hall–Kier alpha value is -2.54. The molecule has 1 aromatic carbocycles. The summed E-state index contributed by atoms with van der Waals surface area (Å²) in [7, 11) is 0. The highest BCUT2D eigenvalue weighted by molar-refractivity contribution is 7.11. The number of fused-ring (bicyclic) bond motifs is 1. The lowest BCUT2D eigenvalue weighted by molar-refractivity contribution is -0.121. The van der Waals surface area contributed by atoms with Gasteiger partial charge in [0.2, 0.25) is 5.91 Å². The van der Waals surface area contributed by atoms with E-state index in [1.807, 2.05) is 26.1 Å². The smallest absolute Gasteiger partial charge is 0.225 e. The molecule has 0 spiro atoms. The molecule has 1 aliphatic rings. The molecule has 29 heavy (non-hydrogen) atoms. The van der Waals surface area contributed by atoms with E-state index in [2.05, 4.69) is 29.2 Å². The number of rotatable bonds is 4. The van der Waals surface area contributed by atoms with E-state index in [0.29, 0.717) is 12.1 Å². The number of aromatic nitrogens is 3. The van der Waals surface area contributed by atoms with Gasteiger partial charge in [-0.05, 0) is 50.3 Å². The van der Waals surface area contributed by atoms with Crippen molar-refractivity contribution in [1.29, 1.82) is 0 Å². The van der Waals surface area contributed by atoms with Crippen LogP contribution in [0, 0.1) is 25.1 Å². The fourth-order valence-corrected chi connectivity index (χ4v) is 5.07. The highest BCUT2D eigenvalue weighted by Gasteiger charge is 2.36. The first-order valence-electron chi connectivity index (χ1n) is 9.77. The number of halogens is 1. The number of benzene rings is 1. The van der Waals surface area contributed by atoms with E-state index in [9.17, 15) is 9.18 Å². The number of hydrogen-bond acceptors (Lipinski definition) is 4. The van der Waals surface area contributed by atoms with Crippen molar-refractivity contribution in [2.24, 2.45) is 5.41 Å². The fraction of sp³-hybridized carbons (Fsp3) is 0.409. The van der Waals surface area contributed by atoms with Crippen molar-refractivity contribution in [2.75, 3.05) is 0 Å². The quantitative estimate of drug-likeness (QED) is 0.688. The first kappa shape index (κ1) is 19.8. The van der Waals surface area contributed by atoms with E-state index in [1.54, 1.807) is 22.1 Å². The second-order valence-corrected chi connectivity index (χ2v) is 9.81. The van der Waals surface area contributed by atoms with Gasteiger partial charge < -0.3 is 5.32 Å². The highest BCUT2D eigenvalue weighted by atomic mass is 32.1. The molecule has 0 saturated heterocycles. The Morgan fingerprint density at radius 1 is 1.38 bits per heavy atom. The van der Waals surface area contributed by atoms with E-state index in [1.165, 1.54) is 12.1 Å². The minimum Gasteiger partial charge on any atom is -0.349 e. The Bertz CT molecular complexity index is 1070. The van der Waals surface area contributed by atoms with Crippen LogP contribution in [0.25, 0.3) is 5.69 Å². The first-order valence-corrected chi connectivity index (χ1v) is 10.6. The standard InChI is InChI=1S/C22H25FN4OS/c1-13-20(29-14(2)25-13)9-21(28)26-18-10-22(3,4)11-19-17(18)12-24-27(19)16-7-5-6-15(23)8-16/h5-8,12,18H,9-11H2,1-4H3,(H,26,28)/t18-/m1/s1. The molecule has 7 heteroatoms. The number of hydrogen-bond donors (Lipinski definition) is 1. The molecule has 5 nitrogen and oxygen atoms in total. The number of aryl methyl sites for hydroxylation is 2. The van der Waals surface area contributed by atoms with Crippen LogP contribution in [0.3, 0.4) is 0 Å². The molecular formula is C22H25FN4OS. The summed E-state index contributed by atoms with van der Waals surface area (Å²) in [5.41, 5.74) is 3.66. The lowest BCUT2D eigenvalue weighted by Crippen LogP contribution is -2.37. The predicted octanol–water partition coefficient (Wildman–Crippen LogP) is 4.46. The van der Waals surface area contributed by atoms with E-state index >= 15 is 0 Å². The molecule has 0 radical (unpaired) electrons. The average Bonchev–Trinajstić information content (AvgIpc) is 3.16. The lowest BCUT2D eigenvalue weighted by atomic mass is 9.74. The number of carbonyl (C=O) groups is 1. The maximum absolute atomic E-state index is 13.7. The van der Waals surface area contributed by atoms with Crippen LogP contribution >= 0.6 is 11.3 Å². The zero-order chi connectivity index (χ0) is 20.8.